The molecule has 1 aromatic carbocycles. The number of rotatable bonds is 8. The molecule has 0 bridgehead atoms. The van der Waals surface area contributed by atoms with Crippen LogP contribution in [0, 0.1) is 13.8 Å². The number of amides is 1. The molecule has 0 saturated carbocycles. The molecule has 8 nitrogen and oxygen atoms in total. The number of carbonyl (C=O) groups is 3. The minimum absolute atomic E-state index is 0.0205. The van der Waals surface area contributed by atoms with Gasteiger partial charge in [-0.15, -0.1) is 0 Å². The Bertz CT molecular complexity index is 919. The lowest BCUT2D eigenvalue weighted by Crippen LogP contribution is -2.41. The molecule has 0 spiro atoms. The number of nitrogens with zero attached hydrogens (tertiary/aromatic N) is 1. The Balaban J connectivity index is 2.07. The first-order valence-corrected chi connectivity index (χ1v) is 9.15. The maximum absolute atomic E-state index is 12.9. The van der Waals surface area contributed by atoms with E-state index in [-0.39, 0.29) is 18.2 Å². The summed E-state index contributed by atoms with van der Waals surface area (Å²) >= 11 is 0. The second-order valence-corrected chi connectivity index (χ2v) is 6.85. The van der Waals surface area contributed by atoms with E-state index in [0.29, 0.717) is 34.0 Å². The lowest BCUT2D eigenvalue weighted by Gasteiger charge is -2.23. The SMILES string of the molecule is COC(=O)c1c(C)[nH]c(C(=O)[C@H](C)N(C)CC(=O)Nc2cccc(OC)c2)c1C. The Hall–Kier alpha value is -3.13. The summed E-state index contributed by atoms with van der Waals surface area (Å²) in [5.74, 6) is -0.319. The standard InChI is InChI=1S/C21H27N3O5/c1-12-18(21(27)29-6)13(2)22-19(12)20(26)14(3)24(4)11-17(25)23-15-8-7-9-16(10-15)28-5/h7-10,14,22H,11H2,1-6H3,(H,23,25)/t14-/m0/s1. The number of hydrogen-bond donors (Lipinski definition) is 2. The number of anilines is 1. The molecule has 0 unspecified atom stereocenters. The Labute approximate surface area is 170 Å². The zero-order valence-corrected chi connectivity index (χ0v) is 17.6. The Kier molecular flexibility index (Phi) is 7.17. The van der Waals surface area contributed by atoms with E-state index in [1.165, 1.54) is 7.11 Å². The molecule has 8 heteroatoms. The third kappa shape index (κ3) is 5.03. The summed E-state index contributed by atoms with van der Waals surface area (Å²) in [6.45, 7) is 5.15. The van der Waals surface area contributed by atoms with Gasteiger partial charge in [0.15, 0.2) is 5.78 Å². The van der Waals surface area contributed by atoms with Gasteiger partial charge in [-0.1, -0.05) is 6.07 Å². The minimum atomic E-state index is -0.576. The van der Waals surface area contributed by atoms with Gasteiger partial charge in [-0.2, -0.15) is 0 Å². The van der Waals surface area contributed by atoms with E-state index in [0.717, 1.165) is 0 Å². The van der Waals surface area contributed by atoms with E-state index in [1.807, 2.05) is 0 Å². The van der Waals surface area contributed by atoms with Crippen molar-refractivity contribution >= 4 is 23.3 Å². The summed E-state index contributed by atoms with van der Waals surface area (Å²) in [4.78, 5) is 41.9. The van der Waals surface area contributed by atoms with Crippen LogP contribution in [-0.2, 0) is 9.53 Å². The van der Waals surface area contributed by atoms with Crippen molar-refractivity contribution in [2.75, 3.05) is 33.1 Å². The molecule has 1 amide bonds. The van der Waals surface area contributed by atoms with Crippen LogP contribution in [0.25, 0.3) is 0 Å². The van der Waals surface area contributed by atoms with Crippen molar-refractivity contribution < 1.29 is 23.9 Å². The molecular formula is C21H27N3O5. The minimum Gasteiger partial charge on any atom is -0.497 e. The van der Waals surface area contributed by atoms with Crippen molar-refractivity contribution in [2.24, 2.45) is 0 Å². The number of esters is 1. The van der Waals surface area contributed by atoms with Crippen LogP contribution in [-0.4, -0.2) is 61.4 Å². The molecule has 0 aliphatic carbocycles. The summed E-state index contributed by atoms with van der Waals surface area (Å²) < 4.78 is 9.92. The zero-order chi connectivity index (χ0) is 21.7. The number of ether oxygens (including phenoxy) is 2. The zero-order valence-electron chi connectivity index (χ0n) is 17.6. The summed E-state index contributed by atoms with van der Waals surface area (Å²) in [7, 11) is 4.55. The normalized spacial score (nSPS) is 11.8. The number of ketones is 1. The van der Waals surface area contributed by atoms with Gasteiger partial charge in [0.1, 0.15) is 5.75 Å². The Morgan fingerprint density at radius 2 is 1.90 bits per heavy atom. The average molecular weight is 401 g/mol. The number of carbonyl (C=O) groups excluding carboxylic acids is 3. The van der Waals surface area contributed by atoms with E-state index in [4.69, 9.17) is 9.47 Å². The molecule has 2 rings (SSSR count). The third-order valence-electron chi connectivity index (χ3n) is 4.86. The number of hydrogen-bond acceptors (Lipinski definition) is 6. The lowest BCUT2D eigenvalue weighted by molar-refractivity contribution is -0.117. The first kappa shape index (κ1) is 22.2. The van der Waals surface area contributed by atoms with Crippen LogP contribution in [0.3, 0.4) is 0 Å². The molecule has 156 valence electrons. The van der Waals surface area contributed by atoms with Gasteiger partial charge in [0.2, 0.25) is 5.91 Å². The van der Waals surface area contributed by atoms with Gasteiger partial charge in [0, 0.05) is 17.4 Å². The molecule has 0 saturated heterocycles. The van der Waals surface area contributed by atoms with E-state index < -0.39 is 12.0 Å². The molecule has 0 fully saturated rings. The summed E-state index contributed by atoms with van der Waals surface area (Å²) in [5, 5.41) is 2.79. The van der Waals surface area contributed by atoms with E-state index in [2.05, 4.69) is 10.3 Å². The smallest absolute Gasteiger partial charge is 0.339 e. The van der Waals surface area contributed by atoms with E-state index >= 15 is 0 Å². The first-order valence-electron chi connectivity index (χ1n) is 9.15. The second-order valence-electron chi connectivity index (χ2n) is 6.85. The number of nitrogens with one attached hydrogen (secondary N) is 2. The molecule has 29 heavy (non-hydrogen) atoms. The number of aromatic amines is 1. The molecule has 0 aliphatic heterocycles. The van der Waals surface area contributed by atoms with Gasteiger partial charge in [-0.3, -0.25) is 14.5 Å². The van der Waals surface area contributed by atoms with Crippen molar-refractivity contribution in [3.63, 3.8) is 0 Å². The lowest BCUT2D eigenvalue weighted by atomic mass is 10.0. The highest BCUT2D eigenvalue weighted by Gasteiger charge is 2.28. The molecule has 1 atom stereocenters. The number of aryl methyl sites for hydroxylation is 1. The fourth-order valence-electron chi connectivity index (χ4n) is 3.08. The van der Waals surface area contributed by atoms with Gasteiger partial charge < -0.3 is 19.8 Å². The molecule has 1 heterocycles. The number of Topliss-reactive ketones (excluding diaryl/α,β-unsaturated/α-hetero) is 1. The van der Waals surface area contributed by atoms with Crippen LogP contribution >= 0.6 is 0 Å². The third-order valence-corrected chi connectivity index (χ3v) is 4.86. The molecule has 0 aliphatic rings. The van der Waals surface area contributed by atoms with Crippen LogP contribution < -0.4 is 10.1 Å². The summed E-state index contributed by atoms with van der Waals surface area (Å²) in [5.41, 5.74) is 2.43. The van der Waals surface area contributed by atoms with Crippen molar-refractivity contribution in [2.45, 2.75) is 26.8 Å². The second kappa shape index (κ2) is 9.38. The van der Waals surface area contributed by atoms with Crippen LogP contribution in [0.1, 0.15) is 39.0 Å². The van der Waals surface area contributed by atoms with E-state index in [9.17, 15) is 14.4 Å². The van der Waals surface area contributed by atoms with Gasteiger partial charge in [0.25, 0.3) is 0 Å². The average Bonchev–Trinajstić information content (AvgIpc) is 3.00. The van der Waals surface area contributed by atoms with Crippen molar-refractivity contribution in [3.8, 4) is 5.75 Å². The van der Waals surface area contributed by atoms with Crippen LogP contribution in [0.2, 0.25) is 0 Å². The molecule has 1 aromatic heterocycles. The molecular weight excluding hydrogens is 374 g/mol. The quantitative estimate of drug-likeness (QED) is 0.521. The van der Waals surface area contributed by atoms with Gasteiger partial charge in [-0.05, 0) is 45.5 Å². The number of H-pyrrole nitrogens is 1. The van der Waals surface area contributed by atoms with Crippen molar-refractivity contribution in [3.05, 3.63) is 46.8 Å². The number of likely N-dealkylation sites (N-methyl/N-ethyl adjacent to an activating group) is 1. The highest BCUT2D eigenvalue weighted by atomic mass is 16.5. The summed E-state index contributed by atoms with van der Waals surface area (Å²) in [6.07, 6.45) is 0. The highest BCUT2D eigenvalue weighted by Crippen LogP contribution is 2.21. The molecule has 2 N–H and O–H groups in total. The number of aromatic nitrogens is 1. The predicted octanol–water partition coefficient (Wildman–Crippen LogP) is 2.57. The van der Waals surface area contributed by atoms with Crippen LogP contribution in [0.5, 0.6) is 5.75 Å². The van der Waals surface area contributed by atoms with Crippen LogP contribution in [0.15, 0.2) is 24.3 Å². The topological polar surface area (TPSA) is 101 Å². The Morgan fingerprint density at radius 1 is 1.21 bits per heavy atom. The fraction of sp³-hybridized carbons (Fsp3) is 0.381. The van der Waals surface area contributed by atoms with Gasteiger partial charge in [0.05, 0.1) is 38.1 Å². The molecule has 0 radical (unpaired) electrons. The Morgan fingerprint density at radius 3 is 2.52 bits per heavy atom. The predicted molar refractivity (Wildman–Crippen MR) is 110 cm³/mol. The molecule has 2 aromatic rings. The van der Waals surface area contributed by atoms with Crippen LogP contribution in [0.4, 0.5) is 5.69 Å². The maximum atomic E-state index is 12.9. The summed E-state index contributed by atoms with van der Waals surface area (Å²) in [6, 6.07) is 6.46. The number of methoxy groups -OCH3 is 2. The highest BCUT2D eigenvalue weighted by molar-refractivity contribution is 6.04. The number of benzene rings is 1. The maximum Gasteiger partial charge on any atom is 0.339 e. The largest absolute Gasteiger partial charge is 0.497 e. The monoisotopic (exact) mass is 401 g/mol. The van der Waals surface area contributed by atoms with Crippen molar-refractivity contribution in [1.82, 2.24) is 9.88 Å². The first-order chi connectivity index (χ1) is 13.7. The van der Waals surface area contributed by atoms with E-state index in [1.54, 1.807) is 64.1 Å². The van der Waals surface area contributed by atoms with Crippen molar-refractivity contribution in [1.29, 1.82) is 0 Å². The fourth-order valence-corrected chi connectivity index (χ4v) is 3.08. The van der Waals surface area contributed by atoms with Gasteiger partial charge in [-0.25, -0.2) is 4.79 Å². The van der Waals surface area contributed by atoms with Gasteiger partial charge >= 0.3 is 5.97 Å².